The first kappa shape index (κ1) is 31.5. The molecule has 234 valence electrons. The van der Waals surface area contributed by atoms with E-state index in [0.717, 1.165) is 22.6 Å². The van der Waals surface area contributed by atoms with Crippen molar-refractivity contribution in [1.82, 2.24) is 9.13 Å². The number of fused-ring (bicyclic) bond motifs is 1. The Labute approximate surface area is 264 Å². The number of hydrogen-bond donors (Lipinski definition) is 0. The van der Waals surface area contributed by atoms with Crippen molar-refractivity contribution in [3.63, 3.8) is 0 Å². The van der Waals surface area contributed by atoms with Crippen LogP contribution in [0.3, 0.4) is 0 Å². The molecule has 1 aliphatic heterocycles. The van der Waals surface area contributed by atoms with E-state index in [1.165, 1.54) is 18.4 Å². The van der Waals surface area contributed by atoms with E-state index in [4.69, 9.17) is 18.9 Å². The Hall–Kier alpha value is -4.90. The first-order valence-corrected chi connectivity index (χ1v) is 15.3. The van der Waals surface area contributed by atoms with E-state index in [1.807, 2.05) is 49.6 Å². The van der Waals surface area contributed by atoms with E-state index in [2.05, 4.69) is 4.99 Å². The summed E-state index contributed by atoms with van der Waals surface area (Å²) in [4.78, 5) is 44.8. The molecule has 1 aliphatic rings. The van der Waals surface area contributed by atoms with E-state index >= 15 is 0 Å². The summed E-state index contributed by atoms with van der Waals surface area (Å²) in [6, 6.07) is 13.8. The molecule has 0 saturated carbocycles. The Morgan fingerprint density at radius 1 is 0.978 bits per heavy atom. The third-order valence-electron chi connectivity index (χ3n) is 7.60. The fourth-order valence-electron chi connectivity index (χ4n) is 5.60. The number of rotatable bonds is 9. The van der Waals surface area contributed by atoms with Gasteiger partial charge in [-0.25, -0.2) is 14.6 Å². The minimum atomic E-state index is -0.791. The Bertz CT molecular complexity index is 2020. The number of allylic oxidation sites excluding steroid dienone is 1. The smallest absolute Gasteiger partial charge is 0.338 e. The first-order valence-electron chi connectivity index (χ1n) is 14.5. The van der Waals surface area contributed by atoms with Crippen molar-refractivity contribution < 1.29 is 28.5 Å². The zero-order chi connectivity index (χ0) is 32.4. The summed E-state index contributed by atoms with van der Waals surface area (Å²) in [5.74, 6) is 0.0857. The van der Waals surface area contributed by atoms with Crippen LogP contribution < -0.4 is 24.4 Å². The molecule has 0 aliphatic carbocycles. The van der Waals surface area contributed by atoms with E-state index in [1.54, 1.807) is 55.9 Å². The third-order valence-corrected chi connectivity index (χ3v) is 8.59. The van der Waals surface area contributed by atoms with Gasteiger partial charge in [0.25, 0.3) is 5.56 Å². The fourth-order valence-corrected chi connectivity index (χ4v) is 6.64. The topological polar surface area (TPSA) is 110 Å². The van der Waals surface area contributed by atoms with Crippen LogP contribution in [0.4, 0.5) is 0 Å². The maximum atomic E-state index is 14.2. The summed E-state index contributed by atoms with van der Waals surface area (Å²) in [5.41, 5.74) is 5.02. The van der Waals surface area contributed by atoms with Crippen molar-refractivity contribution in [1.29, 1.82) is 0 Å². The number of thiazole rings is 1. The molecular formula is C34H35N3O7S. The van der Waals surface area contributed by atoms with E-state index < -0.39 is 18.0 Å². The molecule has 2 aromatic carbocycles. The molecule has 0 amide bonds. The van der Waals surface area contributed by atoms with Crippen LogP contribution in [0, 0.1) is 13.8 Å². The van der Waals surface area contributed by atoms with E-state index in [0.29, 0.717) is 44.3 Å². The lowest BCUT2D eigenvalue weighted by molar-refractivity contribution is -0.139. The van der Waals surface area contributed by atoms with Crippen molar-refractivity contribution in [2.24, 2.45) is 4.99 Å². The number of methoxy groups -OCH3 is 2. The lowest BCUT2D eigenvalue weighted by atomic mass is 9.95. The van der Waals surface area contributed by atoms with Gasteiger partial charge in [0, 0.05) is 17.1 Å². The largest absolute Gasteiger partial charge is 0.493 e. The minimum Gasteiger partial charge on any atom is -0.493 e. The van der Waals surface area contributed by atoms with Gasteiger partial charge in [-0.15, -0.1) is 0 Å². The highest BCUT2D eigenvalue weighted by atomic mass is 32.1. The molecule has 2 aromatic heterocycles. The van der Waals surface area contributed by atoms with Crippen LogP contribution in [0.2, 0.25) is 0 Å². The van der Waals surface area contributed by atoms with Crippen molar-refractivity contribution in [2.75, 3.05) is 27.4 Å². The molecule has 1 atom stereocenters. The molecular weight excluding hydrogens is 594 g/mol. The van der Waals surface area contributed by atoms with Crippen LogP contribution in [0.5, 0.6) is 11.5 Å². The minimum absolute atomic E-state index is 0.178. The molecule has 11 heteroatoms. The summed E-state index contributed by atoms with van der Waals surface area (Å²) < 4.78 is 25.6. The lowest BCUT2D eigenvalue weighted by Gasteiger charge is -2.25. The Kier molecular flexibility index (Phi) is 9.10. The molecule has 1 unspecified atom stereocenters. The van der Waals surface area contributed by atoms with Crippen molar-refractivity contribution in [3.05, 3.63) is 108 Å². The van der Waals surface area contributed by atoms with Gasteiger partial charge in [0.2, 0.25) is 0 Å². The third kappa shape index (κ3) is 5.83. The van der Waals surface area contributed by atoms with Gasteiger partial charge in [0.1, 0.15) is 0 Å². The highest BCUT2D eigenvalue weighted by Crippen LogP contribution is 2.36. The second-order valence-electron chi connectivity index (χ2n) is 10.3. The number of carbonyl (C=O) groups excluding carboxylic acids is 2. The lowest BCUT2D eigenvalue weighted by Crippen LogP contribution is -2.40. The van der Waals surface area contributed by atoms with Crippen molar-refractivity contribution >= 4 is 29.4 Å². The molecule has 0 radical (unpaired) electrons. The van der Waals surface area contributed by atoms with Gasteiger partial charge in [-0.3, -0.25) is 9.36 Å². The predicted molar refractivity (Wildman–Crippen MR) is 171 cm³/mol. The standard InChI is InChI=1S/C34H35N3O7S/c1-8-43-27-17-22(13-14-26(27)41-6)30-29(33(40)44-9-2)20(4)35-34-37(30)31(38)28(45-34)18-24-15-19(3)36(21(24)5)25-12-10-11-23(16-25)32(39)42-7/h10-18,30H,8-9H2,1-7H3/b28-18+. The summed E-state index contributed by atoms with van der Waals surface area (Å²) in [6.45, 7) is 9.87. The second-order valence-corrected chi connectivity index (χ2v) is 11.4. The molecule has 0 N–H and O–H groups in total. The number of esters is 2. The number of aryl methyl sites for hydroxylation is 1. The van der Waals surface area contributed by atoms with Gasteiger partial charge in [0.05, 0.1) is 54.8 Å². The van der Waals surface area contributed by atoms with Crippen molar-refractivity contribution in [2.45, 2.75) is 40.7 Å². The molecule has 0 fully saturated rings. The average molecular weight is 630 g/mol. The van der Waals surface area contributed by atoms with Crippen LogP contribution in [-0.2, 0) is 14.3 Å². The molecule has 5 rings (SSSR count). The molecule has 0 saturated heterocycles. The number of ether oxygens (including phenoxy) is 4. The van der Waals surface area contributed by atoms with Crippen molar-refractivity contribution in [3.8, 4) is 17.2 Å². The van der Waals surface area contributed by atoms with Gasteiger partial charge in [-0.05, 0) is 88.2 Å². The monoisotopic (exact) mass is 629 g/mol. The van der Waals surface area contributed by atoms with E-state index in [-0.39, 0.29) is 17.7 Å². The highest BCUT2D eigenvalue weighted by molar-refractivity contribution is 7.07. The van der Waals surface area contributed by atoms with Gasteiger partial charge in [-0.1, -0.05) is 23.5 Å². The fraction of sp³-hybridized carbons (Fsp3) is 0.294. The Balaban J connectivity index is 1.68. The summed E-state index contributed by atoms with van der Waals surface area (Å²) in [5, 5.41) is 0. The number of benzene rings is 2. The maximum absolute atomic E-state index is 14.2. The molecule has 4 aromatic rings. The SMILES string of the molecule is CCOC(=O)C1=C(C)N=c2s/c(=C/c3cc(C)n(-c4cccc(C(=O)OC)c4)c3C)c(=O)n2C1c1ccc(OC)c(OCC)c1. The highest BCUT2D eigenvalue weighted by Gasteiger charge is 2.34. The van der Waals surface area contributed by atoms with Crippen LogP contribution in [0.25, 0.3) is 11.8 Å². The van der Waals surface area contributed by atoms with Gasteiger partial charge >= 0.3 is 11.9 Å². The number of carbonyl (C=O) groups is 2. The van der Waals surface area contributed by atoms with Gasteiger partial charge in [-0.2, -0.15) is 0 Å². The zero-order valence-electron chi connectivity index (χ0n) is 26.3. The van der Waals surface area contributed by atoms with Crippen LogP contribution in [0.15, 0.2) is 69.6 Å². The second kappa shape index (κ2) is 13.0. The number of aromatic nitrogens is 2. The first-order chi connectivity index (χ1) is 21.6. The quantitative estimate of drug-likeness (QED) is 0.253. The average Bonchev–Trinajstić information content (AvgIpc) is 3.49. The normalized spacial score (nSPS) is 14.6. The Morgan fingerprint density at radius 3 is 2.44 bits per heavy atom. The Morgan fingerprint density at radius 2 is 1.76 bits per heavy atom. The molecule has 3 heterocycles. The predicted octanol–water partition coefficient (Wildman–Crippen LogP) is 4.40. The maximum Gasteiger partial charge on any atom is 0.338 e. The molecule has 0 spiro atoms. The van der Waals surface area contributed by atoms with Crippen LogP contribution in [0.1, 0.15) is 59.7 Å². The summed E-state index contributed by atoms with van der Waals surface area (Å²) >= 11 is 1.25. The van der Waals surface area contributed by atoms with Gasteiger partial charge in [0.15, 0.2) is 16.3 Å². The zero-order valence-corrected chi connectivity index (χ0v) is 27.1. The van der Waals surface area contributed by atoms with Crippen LogP contribution >= 0.6 is 11.3 Å². The van der Waals surface area contributed by atoms with E-state index in [9.17, 15) is 14.4 Å². The summed E-state index contributed by atoms with van der Waals surface area (Å²) in [6.07, 6.45) is 1.84. The van der Waals surface area contributed by atoms with Gasteiger partial charge < -0.3 is 23.5 Å². The van der Waals surface area contributed by atoms with Crippen LogP contribution in [-0.4, -0.2) is 48.5 Å². The summed E-state index contributed by atoms with van der Waals surface area (Å²) in [7, 11) is 2.91. The number of hydrogen-bond acceptors (Lipinski definition) is 9. The molecule has 10 nitrogen and oxygen atoms in total. The number of nitrogens with zero attached hydrogens (tertiary/aromatic N) is 3. The molecule has 45 heavy (non-hydrogen) atoms. The molecule has 0 bridgehead atoms.